The van der Waals surface area contributed by atoms with Crippen LogP contribution < -0.4 is 10.6 Å². The molecule has 0 aliphatic heterocycles. The summed E-state index contributed by atoms with van der Waals surface area (Å²) in [5, 5.41) is 6.36. The van der Waals surface area contributed by atoms with Gasteiger partial charge in [-0.3, -0.25) is 14.1 Å². The average Bonchev–Trinajstić information content (AvgIpc) is 3.07. The normalized spacial score (nSPS) is 15.6. The largest absolute Gasteiger partial charge is 0.351 e. The van der Waals surface area contributed by atoms with Gasteiger partial charge in [0.15, 0.2) is 0 Å². The number of rotatable bonds is 11. The van der Waals surface area contributed by atoms with Gasteiger partial charge in [0, 0.05) is 28.4 Å². The lowest BCUT2D eigenvalue weighted by molar-refractivity contribution is -0.117. The molecule has 7 nitrogen and oxygen atoms in total. The lowest BCUT2D eigenvalue weighted by Crippen LogP contribution is -2.28. The summed E-state index contributed by atoms with van der Waals surface area (Å²) in [7, 11) is -4.18. The van der Waals surface area contributed by atoms with Gasteiger partial charge in [-0.05, 0) is 108 Å². The first-order valence-electron chi connectivity index (χ1n) is 17.0. The van der Waals surface area contributed by atoms with Crippen molar-refractivity contribution in [3.05, 3.63) is 130 Å². The molecule has 9 heteroatoms. The van der Waals surface area contributed by atoms with Crippen LogP contribution in [0, 0.1) is 18.3 Å². The van der Waals surface area contributed by atoms with Gasteiger partial charge < -0.3 is 10.6 Å². The molecule has 4 aromatic rings. The second kappa shape index (κ2) is 15.8. The molecule has 0 spiro atoms. The highest BCUT2D eigenvalue weighted by Crippen LogP contribution is 2.40. The van der Waals surface area contributed by atoms with E-state index < -0.39 is 27.7 Å². The van der Waals surface area contributed by atoms with Crippen molar-refractivity contribution >= 4 is 44.8 Å². The lowest BCUT2D eigenvalue weighted by atomic mass is 9.72. The fourth-order valence-corrected chi connectivity index (χ4v) is 7.16. The number of halogens is 1. The molecular weight excluding hydrogens is 668 g/mol. The highest BCUT2D eigenvalue weighted by atomic mass is 35.5. The third kappa shape index (κ3) is 9.71. The van der Waals surface area contributed by atoms with Crippen molar-refractivity contribution in [1.29, 1.82) is 0 Å². The molecule has 4 aromatic carbocycles. The highest BCUT2D eigenvalue weighted by Gasteiger charge is 2.27. The van der Waals surface area contributed by atoms with Gasteiger partial charge in [0.25, 0.3) is 16.0 Å². The Morgan fingerprint density at radius 1 is 0.940 bits per heavy atom. The molecule has 0 saturated carbocycles. The number of amides is 2. The Bertz CT molecular complexity index is 1980. The predicted octanol–water partition coefficient (Wildman–Crippen LogP) is 9.13. The SMILES string of the molecule is Cc1cc(Cl)ccc1-c1ccccc1NC(=O)C(Cc1ccc(C(=O)NCCS(=O)(=O)O)cc1)c1ccc(C2=CCC(C(C)(C)C)CC2)cc1. The number of para-hydroxylation sites is 1. The lowest BCUT2D eigenvalue weighted by Gasteiger charge is -2.33. The highest BCUT2D eigenvalue weighted by molar-refractivity contribution is 7.85. The van der Waals surface area contributed by atoms with E-state index in [4.69, 9.17) is 16.2 Å². The van der Waals surface area contributed by atoms with E-state index in [-0.39, 0.29) is 17.9 Å². The monoisotopic (exact) mass is 712 g/mol. The molecule has 0 bridgehead atoms. The van der Waals surface area contributed by atoms with E-state index in [0.717, 1.165) is 47.1 Å². The zero-order valence-corrected chi connectivity index (χ0v) is 30.6. The van der Waals surface area contributed by atoms with Crippen LogP contribution in [-0.2, 0) is 21.3 Å². The van der Waals surface area contributed by atoms with E-state index in [1.807, 2.05) is 61.5 Å². The van der Waals surface area contributed by atoms with Gasteiger partial charge in [0.05, 0.1) is 11.7 Å². The molecule has 1 aliphatic carbocycles. The molecule has 0 radical (unpaired) electrons. The quantitative estimate of drug-likeness (QED) is 0.134. The maximum atomic E-state index is 14.3. The van der Waals surface area contributed by atoms with Gasteiger partial charge in [-0.1, -0.05) is 99.1 Å². The second-order valence-electron chi connectivity index (χ2n) is 14.2. The molecule has 50 heavy (non-hydrogen) atoms. The molecule has 0 aromatic heterocycles. The molecule has 2 atom stereocenters. The van der Waals surface area contributed by atoms with E-state index in [0.29, 0.717) is 28.6 Å². The Hall–Kier alpha value is -4.24. The number of anilines is 1. The summed E-state index contributed by atoms with van der Waals surface area (Å²) in [6.07, 6.45) is 6.00. The van der Waals surface area contributed by atoms with Crippen LogP contribution in [0.1, 0.15) is 78.6 Å². The fourth-order valence-electron chi connectivity index (χ4n) is 6.57. The maximum absolute atomic E-state index is 14.3. The van der Waals surface area contributed by atoms with Gasteiger partial charge in [0.2, 0.25) is 5.91 Å². The zero-order chi connectivity index (χ0) is 36.1. The first kappa shape index (κ1) is 37.0. The number of hydrogen-bond acceptors (Lipinski definition) is 4. The summed E-state index contributed by atoms with van der Waals surface area (Å²) in [6.45, 7) is 8.71. The van der Waals surface area contributed by atoms with Crippen molar-refractivity contribution in [2.75, 3.05) is 17.6 Å². The van der Waals surface area contributed by atoms with Crippen LogP contribution in [0.4, 0.5) is 5.69 Å². The van der Waals surface area contributed by atoms with E-state index in [9.17, 15) is 18.0 Å². The molecule has 3 N–H and O–H groups in total. The summed E-state index contributed by atoms with van der Waals surface area (Å²) in [5.41, 5.74) is 8.44. The molecule has 2 unspecified atom stereocenters. The van der Waals surface area contributed by atoms with Gasteiger partial charge in [-0.2, -0.15) is 8.42 Å². The predicted molar refractivity (Wildman–Crippen MR) is 203 cm³/mol. The van der Waals surface area contributed by atoms with Crippen molar-refractivity contribution in [2.24, 2.45) is 11.3 Å². The third-order valence-corrected chi connectivity index (χ3v) is 10.6. The van der Waals surface area contributed by atoms with Gasteiger partial charge in [-0.15, -0.1) is 0 Å². The van der Waals surface area contributed by atoms with Crippen molar-refractivity contribution < 1.29 is 22.6 Å². The van der Waals surface area contributed by atoms with Gasteiger partial charge in [-0.25, -0.2) is 0 Å². The molecule has 5 rings (SSSR count). The first-order chi connectivity index (χ1) is 23.7. The average molecular weight is 713 g/mol. The van der Waals surface area contributed by atoms with E-state index >= 15 is 0 Å². The molecule has 262 valence electrons. The van der Waals surface area contributed by atoms with Crippen LogP contribution in [0.25, 0.3) is 16.7 Å². The Labute approximate surface area is 300 Å². The fraction of sp³-hybridized carbons (Fsp3) is 0.317. The smallest absolute Gasteiger partial charge is 0.266 e. The molecule has 0 saturated heterocycles. The minimum Gasteiger partial charge on any atom is -0.351 e. The van der Waals surface area contributed by atoms with E-state index in [1.165, 1.54) is 11.1 Å². The summed E-state index contributed by atoms with van der Waals surface area (Å²) in [4.78, 5) is 26.8. The number of carbonyl (C=O) groups excluding carboxylic acids is 2. The van der Waals surface area contributed by atoms with Crippen molar-refractivity contribution in [3.63, 3.8) is 0 Å². The number of nitrogens with one attached hydrogen (secondary N) is 2. The van der Waals surface area contributed by atoms with E-state index in [2.05, 4.69) is 49.6 Å². The Kier molecular flexibility index (Phi) is 11.7. The topological polar surface area (TPSA) is 113 Å². The number of carbonyl (C=O) groups is 2. The van der Waals surface area contributed by atoms with Gasteiger partial charge >= 0.3 is 0 Å². The third-order valence-electron chi connectivity index (χ3n) is 9.60. The first-order valence-corrected chi connectivity index (χ1v) is 18.9. The molecule has 0 heterocycles. The van der Waals surface area contributed by atoms with Gasteiger partial charge in [0.1, 0.15) is 0 Å². The van der Waals surface area contributed by atoms with Crippen molar-refractivity contribution in [3.8, 4) is 11.1 Å². The molecular formula is C41H45ClN2O5S. The minimum absolute atomic E-state index is 0.159. The number of benzene rings is 4. The van der Waals surface area contributed by atoms with Crippen molar-refractivity contribution in [1.82, 2.24) is 5.32 Å². The summed E-state index contributed by atoms with van der Waals surface area (Å²) >= 11 is 6.24. The maximum Gasteiger partial charge on any atom is 0.266 e. The zero-order valence-electron chi connectivity index (χ0n) is 29.0. The summed E-state index contributed by atoms with van der Waals surface area (Å²) in [6, 6.07) is 28.7. The number of hydrogen-bond donors (Lipinski definition) is 3. The van der Waals surface area contributed by atoms with Crippen LogP contribution in [0.3, 0.4) is 0 Å². The van der Waals surface area contributed by atoms with Crippen molar-refractivity contribution in [2.45, 2.75) is 59.3 Å². The number of aryl methyl sites for hydroxylation is 1. The van der Waals surface area contributed by atoms with Crippen LogP contribution in [-0.4, -0.2) is 37.1 Å². The van der Waals surface area contributed by atoms with Crippen LogP contribution in [0.2, 0.25) is 5.02 Å². The number of allylic oxidation sites excluding steroid dienone is 2. The Balaban J connectivity index is 1.40. The summed E-state index contributed by atoms with van der Waals surface area (Å²) < 4.78 is 31.0. The molecule has 0 fully saturated rings. The Morgan fingerprint density at radius 2 is 1.64 bits per heavy atom. The van der Waals surface area contributed by atoms with E-state index in [1.54, 1.807) is 24.3 Å². The summed E-state index contributed by atoms with van der Waals surface area (Å²) in [5.74, 6) is -1.06. The Morgan fingerprint density at radius 3 is 2.26 bits per heavy atom. The van der Waals surface area contributed by atoms with Crippen LogP contribution in [0.15, 0.2) is 97.1 Å². The standard InChI is InChI=1S/C41H45ClN2O5S/c1-27-25-34(42)21-22-35(27)36-7-5-6-8-38(36)44-40(46)37(26-28-9-11-32(12-10-28)39(45)43-23-24-50(47,48)49)31-15-13-29(14-16-31)30-17-19-33(20-18-30)41(2,3)4/h5-17,21-22,25,33,37H,18-20,23-24,26H2,1-4H3,(H,43,45)(H,44,46)(H,47,48,49). The minimum atomic E-state index is -4.18. The van der Waals surface area contributed by atoms with Crippen LogP contribution >= 0.6 is 11.6 Å². The molecule has 1 aliphatic rings. The molecule has 2 amide bonds. The second-order valence-corrected chi connectivity index (χ2v) is 16.2. The van der Waals surface area contributed by atoms with Crippen LogP contribution in [0.5, 0.6) is 0 Å².